The number of amides is 1. The SMILES string of the molecule is Cc1ccccc1-n1nc(C(=O)NCC2(C(=O)O)CC2)c2c1CCC2. The number of hydrogen-bond donors (Lipinski definition) is 2. The molecule has 0 spiro atoms. The van der Waals surface area contributed by atoms with E-state index < -0.39 is 11.4 Å². The van der Waals surface area contributed by atoms with Crippen molar-refractivity contribution in [2.24, 2.45) is 5.41 Å². The van der Waals surface area contributed by atoms with Crippen LogP contribution in [-0.4, -0.2) is 33.3 Å². The van der Waals surface area contributed by atoms with Gasteiger partial charge in [-0.2, -0.15) is 5.10 Å². The maximum absolute atomic E-state index is 12.7. The van der Waals surface area contributed by atoms with E-state index in [-0.39, 0.29) is 12.5 Å². The topological polar surface area (TPSA) is 84.2 Å². The second-order valence-electron chi connectivity index (χ2n) is 7.09. The van der Waals surface area contributed by atoms with E-state index in [9.17, 15) is 14.7 Å². The number of hydrogen-bond acceptors (Lipinski definition) is 3. The summed E-state index contributed by atoms with van der Waals surface area (Å²) in [7, 11) is 0. The van der Waals surface area contributed by atoms with E-state index in [2.05, 4.69) is 10.4 Å². The molecule has 1 aromatic carbocycles. The molecule has 0 bridgehead atoms. The van der Waals surface area contributed by atoms with Crippen LogP contribution in [0.15, 0.2) is 24.3 Å². The van der Waals surface area contributed by atoms with Crippen LogP contribution in [0.3, 0.4) is 0 Å². The fraction of sp³-hybridized carbons (Fsp3) is 0.421. The molecular weight excluding hydrogens is 318 g/mol. The molecular formula is C19H21N3O3. The Bertz CT molecular complexity index is 865. The van der Waals surface area contributed by atoms with Gasteiger partial charge < -0.3 is 10.4 Å². The Hall–Kier alpha value is -2.63. The number of carboxylic acid groups (broad SMARTS) is 1. The molecule has 0 atom stereocenters. The zero-order chi connectivity index (χ0) is 17.6. The summed E-state index contributed by atoms with van der Waals surface area (Å²) in [6, 6.07) is 7.99. The fourth-order valence-electron chi connectivity index (χ4n) is 3.57. The highest BCUT2D eigenvalue weighted by atomic mass is 16.4. The Morgan fingerprint density at radius 2 is 2.04 bits per heavy atom. The normalized spacial score (nSPS) is 17.2. The fourth-order valence-corrected chi connectivity index (χ4v) is 3.57. The molecule has 0 aliphatic heterocycles. The first-order valence-corrected chi connectivity index (χ1v) is 8.70. The van der Waals surface area contributed by atoms with Crippen LogP contribution < -0.4 is 5.32 Å². The summed E-state index contributed by atoms with van der Waals surface area (Å²) < 4.78 is 1.89. The van der Waals surface area contributed by atoms with E-state index >= 15 is 0 Å². The van der Waals surface area contributed by atoms with E-state index in [0.717, 1.165) is 41.8 Å². The van der Waals surface area contributed by atoms with E-state index in [1.165, 1.54) is 0 Å². The minimum atomic E-state index is -0.830. The summed E-state index contributed by atoms with van der Waals surface area (Å²) in [5.74, 6) is -1.10. The maximum Gasteiger partial charge on any atom is 0.311 e. The average Bonchev–Trinajstić information content (AvgIpc) is 3.09. The van der Waals surface area contributed by atoms with Crippen molar-refractivity contribution in [2.45, 2.75) is 39.0 Å². The first kappa shape index (κ1) is 15.9. The van der Waals surface area contributed by atoms with Crippen LogP contribution in [0.4, 0.5) is 0 Å². The van der Waals surface area contributed by atoms with Gasteiger partial charge in [0.15, 0.2) is 5.69 Å². The quantitative estimate of drug-likeness (QED) is 0.875. The summed E-state index contributed by atoms with van der Waals surface area (Å²) in [5, 5.41) is 16.6. The third-order valence-electron chi connectivity index (χ3n) is 5.38. The van der Waals surface area contributed by atoms with Crippen molar-refractivity contribution in [3.05, 3.63) is 46.8 Å². The molecule has 6 nitrogen and oxygen atoms in total. The van der Waals surface area contributed by atoms with Crippen LogP contribution in [0.25, 0.3) is 5.69 Å². The van der Waals surface area contributed by atoms with Crippen LogP contribution in [0.1, 0.15) is 46.6 Å². The molecule has 2 N–H and O–H groups in total. The molecule has 0 saturated heterocycles. The molecule has 4 rings (SSSR count). The number of aryl methyl sites for hydroxylation is 1. The molecule has 25 heavy (non-hydrogen) atoms. The summed E-state index contributed by atoms with van der Waals surface area (Å²) in [6.45, 7) is 2.20. The lowest BCUT2D eigenvalue weighted by Crippen LogP contribution is -2.34. The molecule has 1 fully saturated rings. The Kier molecular flexibility index (Phi) is 3.63. The number of carbonyl (C=O) groups is 2. The molecule has 1 amide bonds. The van der Waals surface area contributed by atoms with Gasteiger partial charge in [0.2, 0.25) is 0 Å². The van der Waals surface area contributed by atoms with Gasteiger partial charge in [0.1, 0.15) is 0 Å². The lowest BCUT2D eigenvalue weighted by molar-refractivity contribution is -0.143. The molecule has 1 aromatic heterocycles. The maximum atomic E-state index is 12.7. The minimum absolute atomic E-state index is 0.174. The standard InChI is InChI=1S/C19H21N3O3/c1-12-5-2-3-7-14(12)22-15-8-4-6-13(15)16(21-22)17(23)20-11-19(9-10-19)18(24)25/h2-3,5,7H,4,6,8-11H2,1H3,(H,20,23)(H,24,25). The number of benzene rings is 1. The highest BCUT2D eigenvalue weighted by Gasteiger charge is 2.50. The van der Waals surface area contributed by atoms with Gasteiger partial charge in [-0.05, 0) is 50.7 Å². The predicted molar refractivity (Wildman–Crippen MR) is 92.0 cm³/mol. The molecule has 0 radical (unpaired) electrons. The number of aromatic nitrogens is 2. The monoisotopic (exact) mass is 339 g/mol. The van der Waals surface area contributed by atoms with Crippen molar-refractivity contribution in [3.8, 4) is 5.69 Å². The number of carboxylic acids is 1. The largest absolute Gasteiger partial charge is 0.481 e. The Balaban J connectivity index is 1.63. The number of aliphatic carboxylic acids is 1. The molecule has 1 saturated carbocycles. The highest BCUT2D eigenvalue weighted by Crippen LogP contribution is 2.45. The van der Waals surface area contributed by atoms with Crippen molar-refractivity contribution in [1.82, 2.24) is 15.1 Å². The van der Waals surface area contributed by atoms with Crippen LogP contribution in [-0.2, 0) is 17.6 Å². The summed E-state index contributed by atoms with van der Waals surface area (Å²) in [6.07, 6.45) is 4.01. The number of carbonyl (C=O) groups excluding carboxylic acids is 1. The smallest absolute Gasteiger partial charge is 0.311 e. The van der Waals surface area contributed by atoms with Gasteiger partial charge in [-0.25, -0.2) is 4.68 Å². The second kappa shape index (κ2) is 5.72. The number of nitrogens with one attached hydrogen (secondary N) is 1. The Labute approximate surface area is 145 Å². The number of fused-ring (bicyclic) bond motifs is 1. The summed E-state index contributed by atoms with van der Waals surface area (Å²) in [4.78, 5) is 23.9. The van der Waals surface area contributed by atoms with Crippen LogP contribution in [0, 0.1) is 12.3 Å². The molecule has 0 unspecified atom stereocenters. The molecule has 6 heteroatoms. The summed E-state index contributed by atoms with van der Waals surface area (Å²) in [5.41, 5.74) is 3.87. The van der Waals surface area contributed by atoms with Gasteiger partial charge >= 0.3 is 5.97 Å². The molecule has 2 aliphatic carbocycles. The van der Waals surface area contributed by atoms with E-state index in [4.69, 9.17) is 0 Å². The van der Waals surface area contributed by atoms with Gasteiger partial charge in [0, 0.05) is 17.8 Å². The van der Waals surface area contributed by atoms with Crippen molar-refractivity contribution in [1.29, 1.82) is 0 Å². The lowest BCUT2D eigenvalue weighted by Gasteiger charge is -2.10. The lowest BCUT2D eigenvalue weighted by atomic mass is 10.1. The van der Waals surface area contributed by atoms with Gasteiger partial charge in [-0.1, -0.05) is 18.2 Å². The van der Waals surface area contributed by atoms with Crippen LogP contribution in [0.2, 0.25) is 0 Å². The third-order valence-corrected chi connectivity index (χ3v) is 5.38. The Morgan fingerprint density at radius 3 is 2.72 bits per heavy atom. The van der Waals surface area contributed by atoms with Crippen molar-refractivity contribution in [2.75, 3.05) is 6.54 Å². The predicted octanol–water partition coefficient (Wildman–Crippen LogP) is 2.26. The molecule has 2 aromatic rings. The van der Waals surface area contributed by atoms with Crippen molar-refractivity contribution >= 4 is 11.9 Å². The minimum Gasteiger partial charge on any atom is -0.481 e. The van der Waals surface area contributed by atoms with E-state index in [0.29, 0.717) is 18.5 Å². The molecule has 1 heterocycles. The van der Waals surface area contributed by atoms with E-state index in [1.54, 1.807) is 0 Å². The van der Waals surface area contributed by atoms with Gasteiger partial charge in [-0.3, -0.25) is 9.59 Å². The average molecular weight is 339 g/mol. The number of rotatable bonds is 5. The first-order chi connectivity index (χ1) is 12.0. The number of nitrogens with zero attached hydrogens (tertiary/aromatic N) is 2. The Morgan fingerprint density at radius 1 is 1.28 bits per heavy atom. The zero-order valence-electron chi connectivity index (χ0n) is 14.2. The summed E-state index contributed by atoms with van der Waals surface area (Å²) >= 11 is 0. The van der Waals surface area contributed by atoms with E-state index in [1.807, 2.05) is 35.9 Å². The van der Waals surface area contributed by atoms with Crippen molar-refractivity contribution < 1.29 is 14.7 Å². The van der Waals surface area contributed by atoms with Crippen LogP contribution in [0.5, 0.6) is 0 Å². The van der Waals surface area contributed by atoms with Crippen molar-refractivity contribution in [3.63, 3.8) is 0 Å². The van der Waals surface area contributed by atoms with Crippen LogP contribution >= 0.6 is 0 Å². The van der Waals surface area contributed by atoms with Gasteiger partial charge in [0.05, 0.1) is 11.1 Å². The molecule has 2 aliphatic rings. The third kappa shape index (κ3) is 2.62. The first-order valence-electron chi connectivity index (χ1n) is 8.70. The zero-order valence-corrected chi connectivity index (χ0v) is 14.2. The number of para-hydroxylation sites is 1. The second-order valence-corrected chi connectivity index (χ2v) is 7.09. The van der Waals surface area contributed by atoms with Gasteiger partial charge in [0.25, 0.3) is 5.91 Å². The highest BCUT2D eigenvalue weighted by molar-refractivity contribution is 5.94. The molecule has 130 valence electrons. The van der Waals surface area contributed by atoms with Gasteiger partial charge in [-0.15, -0.1) is 0 Å².